The minimum Gasteiger partial charge on any atom is -0.504 e. The van der Waals surface area contributed by atoms with Crippen LogP contribution in [-0.2, 0) is 22.4 Å². The third-order valence-corrected chi connectivity index (χ3v) is 4.46. The first-order valence-corrected chi connectivity index (χ1v) is 8.70. The Morgan fingerprint density at radius 2 is 1.77 bits per heavy atom. The van der Waals surface area contributed by atoms with E-state index in [0.29, 0.717) is 19.4 Å². The minimum atomic E-state index is -0.162. The number of amides is 2. The Bertz CT molecular complexity index is 802. The molecule has 2 aromatic rings. The lowest BCUT2D eigenvalue weighted by Gasteiger charge is -2.15. The van der Waals surface area contributed by atoms with Gasteiger partial charge >= 0.3 is 0 Å². The molecule has 3 N–H and O–H groups in total. The molecule has 0 aromatic heterocycles. The molecule has 6 nitrogen and oxygen atoms in total. The van der Waals surface area contributed by atoms with Crippen LogP contribution in [0.5, 0.6) is 11.5 Å². The van der Waals surface area contributed by atoms with E-state index in [9.17, 15) is 19.8 Å². The standard InChI is InChI=1S/C20H22N2O4/c23-17-8-5-15(12-18(17)24)9-10-21-19(25)13-14-3-6-16(7-4-14)22-11-1-2-20(22)26/h3-8,12,23-24H,1-2,9-11,13H2,(H,21,25). The second-order valence-corrected chi connectivity index (χ2v) is 6.42. The summed E-state index contributed by atoms with van der Waals surface area (Å²) in [6.45, 7) is 1.20. The first-order valence-electron chi connectivity index (χ1n) is 8.70. The van der Waals surface area contributed by atoms with E-state index in [1.54, 1.807) is 11.0 Å². The zero-order chi connectivity index (χ0) is 18.5. The van der Waals surface area contributed by atoms with Crippen molar-refractivity contribution in [3.05, 3.63) is 53.6 Å². The summed E-state index contributed by atoms with van der Waals surface area (Å²) in [5.41, 5.74) is 2.60. The van der Waals surface area contributed by atoms with Crippen molar-refractivity contribution in [3.63, 3.8) is 0 Å². The Balaban J connectivity index is 1.47. The van der Waals surface area contributed by atoms with Crippen molar-refractivity contribution in [3.8, 4) is 11.5 Å². The van der Waals surface area contributed by atoms with Gasteiger partial charge in [0, 0.05) is 25.2 Å². The lowest BCUT2D eigenvalue weighted by molar-refractivity contribution is -0.120. The highest BCUT2D eigenvalue weighted by Crippen LogP contribution is 2.25. The molecule has 3 rings (SSSR count). The van der Waals surface area contributed by atoms with Crippen LogP contribution in [0.2, 0.25) is 0 Å². The number of nitrogens with one attached hydrogen (secondary N) is 1. The van der Waals surface area contributed by atoms with Crippen LogP contribution in [0.25, 0.3) is 0 Å². The van der Waals surface area contributed by atoms with Gasteiger partial charge in [-0.05, 0) is 48.2 Å². The predicted octanol–water partition coefficient (Wildman–Crippen LogP) is 2.13. The highest BCUT2D eigenvalue weighted by molar-refractivity contribution is 5.95. The van der Waals surface area contributed by atoms with Gasteiger partial charge in [0.15, 0.2) is 11.5 Å². The zero-order valence-corrected chi connectivity index (χ0v) is 14.4. The number of rotatable bonds is 6. The van der Waals surface area contributed by atoms with Crippen molar-refractivity contribution in [2.24, 2.45) is 0 Å². The number of carbonyl (C=O) groups is 2. The SMILES string of the molecule is O=C(Cc1ccc(N2CCCC2=O)cc1)NCCc1ccc(O)c(O)c1. The average Bonchev–Trinajstić information content (AvgIpc) is 3.05. The van der Waals surface area contributed by atoms with Crippen LogP contribution in [0, 0.1) is 0 Å². The fourth-order valence-electron chi connectivity index (χ4n) is 3.03. The highest BCUT2D eigenvalue weighted by atomic mass is 16.3. The summed E-state index contributed by atoms with van der Waals surface area (Å²) in [6.07, 6.45) is 2.33. The number of hydrogen-bond donors (Lipinski definition) is 3. The molecule has 1 saturated heterocycles. The van der Waals surface area contributed by atoms with Crippen LogP contribution < -0.4 is 10.2 Å². The maximum atomic E-state index is 12.1. The van der Waals surface area contributed by atoms with Crippen LogP contribution >= 0.6 is 0 Å². The van der Waals surface area contributed by atoms with Crippen LogP contribution in [-0.4, -0.2) is 35.1 Å². The minimum absolute atomic E-state index is 0.0852. The Labute approximate surface area is 152 Å². The Kier molecular flexibility index (Phi) is 5.41. The maximum Gasteiger partial charge on any atom is 0.227 e. The van der Waals surface area contributed by atoms with Crippen molar-refractivity contribution >= 4 is 17.5 Å². The Morgan fingerprint density at radius 3 is 2.42 bits per heavy atom. The molecule has 1 heterocycles. The quantitative estimate of drug-likeness (QED) is 0.693. The molecule has 0 radical (unpaired) electrons. The normalized spacial score (nSPS) is 13.8. The summed E-state index contributed by atoms with van der Waals surface area (Å²) in [4.78, 5) is 25.6. The molecule has 0 unspecified atom stereocenters. The smallest absolute Gasteiger partial charge is 0.227 e. The fraction of sp³-hybridized carbons (Fsp3) is 0.300. The number of aromatic hydroxyl groups is 2. The van der Waals surface area contributed by atoms with Gasteiger partial charge in [-0.2, -0.15) is 0 Å². The molecule has 1 fully saturated rings. The first-order chi connectivity index (χ1) is 12.5. The molecule has 1 aliphatic rings. The van der Waals surface area contributed by atoms with E-state index < -0.39 is 0 Å². The number of anilines is 1. The number of carbonyl (C=O) groups excluding carboxylic acids is 2. The molecule has 0 bridgehead atoms. The van der Waals surface area contributed by atoms with Gasteiger partial charge in [-0.25, -0.2) is 0 Å². The Morgan fingerprint density at radius 1 is 1.04 bits per heavy atom. The largest absolute Gasteiger partial charge is 0.504 e. The maximum absolute atomic E-state index is 12.1. The predicted molar refractivity (Wildman–Crippen MR) is 98.2 cm³/mol. The molecule has 136 valence electrons. The molecule has 0 atom stereocenters. The monoisotopic (exact) mass is 354 g/mol. The number of hydrogen-bond acceptors (Lipinski definition) is 4. The van der Waals surface area contributed by atoms with Crippen LogP contribution in [0.1, 0.15) is 24.0 Å². The van der Waals surface area contributed by atoms with E-state index in [1.807, 2.05) is 24.3 Å². The van der Waals surface area contributed by atoms with E-state index in [4.69, 9.17) is 0 Å². The van der Waals surface area contributed by atoms with Crippen molar-refractivity contribution in [2.75, 3.05) is 18.0 Å². The average molecular weight is 354 g/mol. The van der Waals surface area contributed by atoms with Gasteiger partial charge in [0.1, 0.15) is 0 Å². The molecule has 0 aliphatic carbocycles. The lowest BCUT2D eigenvalue weighted by Crippen LogP contribution is -2.27. The van der Waals surface area contributed by atoms with Crippen molar-refractivity contribution in [1.82, 2.24) is 5.32 Å². The number of benzene rings is 2. The second kappa shape index (κ2) is 7.91. The van der Waals surface area contributed by atoms with Gasteiger partial charge in [0.2, 0.25) is 11.8 Å². The summed E-state index contributed by atoms with van der Waals surface area (Å²) < 4.78 is 0. The Hall–Kier alpha value is -3.02. The van der Waals surface area contributed by atoms with Crippen LogP contribution in [0.4, 0.5) is 5.69 Å². The van der Waals surface area contributed by atoms with Gasteiger partial charge in [-0.15, -0.1) is 0 Å². The molecule has 0 spiro atoms. The molecular weight excluding hydrogens is 332 g/mol. The van der Waals surface area contributed by atoms with Crippen molar-refractivity contribution in [1.29, 1.82) is 0 Å². The van der Waals surface area contributed by atoms with E-state index in [0.717, 1.165) is 29.8 Å². The molecule has 26 heavy (non-hydrogen) atoms. The van der Waals surface area contributed by atoms with Gasteiger partial charge in [0.05, 0.1) is 6.42 Å². The summed E-state index contributed by atoms with van der Waals surface area (Å²) in [7, 11) is 0. The fourth-order valence-corrected chi connectivity index (χ4v) is 3.03. The molecule has 1 aliphatic heterocycles. The third-order valence-electron chi connectivity index (χ3n) is 4.46. The van der Waals surface area contributed by atoms with E-state index in [2.05, 4.69) is 5.32 Å². The molecule has 6 heteroatoms. The van der Waals surface area contributed by atoms with Crippen LogP contribution in [0.15, 0.2) is 42.5 Å². The summed E-state index contributed by atoms with van der Waals surface area (Å²) in [5.74, 6) is -0.254. The van der Waals surface area contributed by atoms with Gasteiger partial charge in [-0.3, -0.25) is 9.59 Å². The summed E-state index contributed by atoms with van der Waals surface area (Å²) in [5, 5.41) is 21.6. The zero-order valence-electron chi connectivity index (χ0n) is 14.4. The molecule has 2 amide bonds. The first kappa shape index (κ1) is 17.8. The summed E-state index contributed by atoms with van der Waals surface area (Å²) >= 11 is 0. The highest BCUT2D eigenvalue weighted by Gasteiger charge is 2.21. The van der Waals surface area contributed by atoms with Crippen LogP contribution in [0.3, 0.4) is 0 Å². The number of phenolic OH excluding ortho intramolecular Hbond substituents is 2. The molecular formula is C20H22N2O4. The number of phenols is 2. The van der Waals surface area contributed by atoms with E-state index in [1.165, 1.54) is 12.1 Å². The van der Waals surface area contributed by atoms with Gasteiger partial charge in [0.25, 0.3) is 0 Å². The topological polar surface area (TPSA) is 89.9 Å². The molecule has 2 aromatic carbocycles. The summed E-state index contributed by atoms with van der Waals surface area (Å²) in [6, 6.07) is 12.1. The van der Waals surface area contributed by atoms with Crippen molar-refractivity contribution in [2.45, 2.75) is 25.7 Å². The van der Waals surface area contributed by atoms with Crippen molar-refractivity contribution < 1.29 is 19.8 Å². The van der Waals surface area contributed by atoms with Gasteiger partial charge in [-0.1, -0.05) is 18.2 Å². The van der Waals surface area contributed by atoms with E-state index >= 15 is 0 Å². The molecule has 0 saturated carbocycles. The second-order valence-electron chi connectivity index (χ2n) is 6.42. The lowest BCUT2D eigenvalue weighted by atomic mass is 10.1. The third kappa shape index (κ3) is 4.33. The van der Waals surface area contributed by atoms with E-state index in [-0.39, 0.29) is 29.7 Å². The number of nitrogens with zero attached hydrogens (tertiary/aromatic N) is 1. The van der Waals surface area contributed by atoms with Gasteiger partial charge < -0.3 is 20.4 Å².